The number of nitrogens with one attached hydrogen (secondary N) is 1. The Morgan fingerprint density at radius 1 is 1.33 bits per heavy atom. The van der Waals surface area contributed by atoms with Gasteiger partial charge in [-0.05, 0) is 37.5 Å². The molecule has 1 aliphatic heterocycles. The zero-order valence-corrected chi connectivity index (χ0v) is 16.1. The maximum absolute atomic E-state index is 12.1. The van der Waals surface area contributed by atoms with E-state index in [1.807, 2.05) is 30.0 Å². The largest absolute Gasteiger partial charge is 0.370 e. The molecule has 1 aromatic carbocycles. The lowest BCUT2D eigenvalue weighted by molar-refractivity contribution is -0.385. The number of hydrogen-bond donors (Lipinski definition) is 1. The Kier molecular flexibility index (Phi) is 5.31. The quantitative estimate of drug-likeness (QED) is 0.597. The fourth-order valence-corrected chi connectivity index (χ4v) is 4.19. The van der Waals surface area contributed by atoms with Crippen LogP contribution in [-0.2, 0) is 9.84 Å². The van der Waals surface area contributed by atoms with E-state index >= 15 is 0 Å². The molecule has 3 rings (SSSR count). The second-order valence-corrected chi connectivity index (χ2v) is 8.81. The average Bonchev–Trinajstić information content (AvgIpc) is 3.07. The molecule has 1 N–H and O–H groups in total. The molecule has 9 heteroatoms. The molecule has 0 radical (unpaired) electrons. The number of nitro groups is 1. The van der Waals surface area contributed by atoms with Crippen LogP contribution in [0, 0.1) is 23.0 Å². The van der Waals surface area contributed by atoms with E-state index in [0.29, 0.717) is 24.7 Å². The highest BCUT2D eigenvalue weighted by molar-refractivity contribution is 7.90. The minimum Gasteiger partial charge on any atom is -0.370 e. The van der Waals surface area contributed by atoms with Crippen LogP contribution in [0.1, 0.15) is 12.1 Å². The van der Waals surface area contributed by atoms with Crippen LogP contribution in [0.2, 0.25) is 0 Å². The summed E-state index contributed by atoms with van der Waals surface area (Å²) >= 11 is 0. The van der Waals surface area contributed by atoms with E-state index in [1.54, 1.807) is 0 Å². The maximum Gasteiger partial charge on any atom is 0.270 e. The van der Waals surface area contributed by atoms with E-state index in [0.717, 1.165) is 36.8 Å². The van der Waals surface area contributed by atoms with Crippen molar-refractivity contribution in [2.24, 2.45) is 5.92 Å². The zero-order chi connectivity index (χ0) is 19.6. The lowest BCUT2D eigenvalue weighted by Gasteiger charge is -2.21. The zero-order valence-electron chi connectivity index (χ0n) is 15.3. The maximum atomic E-state index is 12.1. The van der Waals surface area contributed by atoms with Crippen LogP contribution < -0.4 is 10.2 Å². The van der Waals surface area contributed by atoms with Gasteiger partial charge in [0.05, 0.1) is 15.5 Å². The first-order valence-electron chi connectivity index (χ1n) is 8.65. The van der Waals surface area contributed by atoms with Crippen molar-refractivity contribution in [3.8, 4) is 0 Å². The number of hydrogen-bond acceptors (Lipinski definition) is 7. The van der Waals surface area contributed by atoms with Gasteiger partial charge in [0.15, 0.2) is 9.84 Å². The third kappa shape index (κ3) is 4.54. The van der Waals surface area contributed by atoms with Crippen molar-refractivity contribution in [2.45, 2.75) is 18.2 Å². The number of rotatable bonds is 6. The highest BCUT2D eigenvalue weighted by Gasteiger charge is 2.28. The average molecular weight is 390 g/mol. The molecule has 1 saturated heterocycles. The summed E-state index contributed by atoms with van der Waals surface area (Å²) in [5.74, 6) is 1.15. The van der Waals surface area contributed by atoms with Crippen LogP contribution in [0.25, 0.3) is 0 Å². The molecule has 1 fully saturated rings. The Hall–Kier alpha value is -2.68. The number of aromatic nitrogens is 1. The molecule has 0 bridgehead atoms. The van der Waals surface area contributed by atoms with Crippen molar-refractivity contribution in [2.75, 3.05) is 36.1 Å². The lowest BCUT2D eigenvalue weighted by Crippen LogP contribution is -2.24. The van der Waals surface area contributed by atoms with E-state index in [1.165, 1.54) is 12.1 Å². The molecule has 144 valence electrons. The molecule has 1 aliphatic rings. The number of sulfone groups is 1. The number of nitro benzene ring substituents is 1. The standard InChI is InChI=1S/C18H22N4O4S/c1-13-4-3-5-18(20-13)19-11-14-8-9-21(12-14)16-7-6-15(22(23)24)10-17(16)27(2,25)26/h3-7,10,14H,8-9,11-12H2,1-2H3,(H,19,20). The van der Waals surface area contributed by atoms with Crippen molar-refractivity contribution < 1.29 is 13.3 Å². The number of aryl methyl sites for hydroxylation is 1. The third-order valence-corrected chi connectivity index (χ3v) is 5.77. The van der Waals surface area contributed by atoms with Gasteiger partial charge in [-0.2, -0.15) is 0 Å². The minimum atomic E-state index is -3.58. The number of benzene rings is 1. The van der Waals surface area contributed by atoms with Gasteiger partial charge in [-0.25, -0.2) is 13.4 Å². The molecule has 0 aliphatic carbocycles. The molecule has 27 heavy (non-hydrogen) atoms. The summed E-state index contributed by atoms with van der Waals surface area (Å²) in [4.78, 5) is 16.8. The van der Waals surface area contributed by atoms with Crippen LogP contribution in [0.4, 0.5) is 17.2 Å². The van der Waals surface area contributed by atoms with E-state index in [-0.39, 0.29) is 10.6 Å². The van der Waals surface area contributed by atoms with Crippen LogP contribution in [-0.4, -0.2) is 44.2 Å². The van der Waals surface area contributed by atoms with Crippen molar-refractivity contribution >= 4 is 27.0 Å². The van der Waals surface area contributed by atoms with Crippen LogP contribution >= 0.6 is 0 Å². The number of non-ortho nitro benzene ring substituents is 1. The van der Waals surface area contributed by atoms with Crippen molar-refractivity contribution in [3.05, 3.63) is 52.2 Å². The monoisotopic (exact) mass is 390 g/mol. The fraction of sp³-hybridized carbons (Fsp3) is 0.389. The number of nitrogens with zero attached hydrogens (tertiary/aromatic N) is 3. The second kappa shape index (κ2) is 7.51. The van der Waals surface area contributed by atoms with Gasteiger partial charge < -0.3 is 10.2 Å². The predicted molar refractivity (Wildman–Crippen MR) is 104 cm³/mol. The second-order valence-electron chi connectivity index (χ2n) is 6.83. The highest BCUT2D eigenvalue weighted by atomic mass is 32.2. The van der Waals surface area contributed by atoms with Gasteiger partial charge in [0.25, 0.3) is 5.69 Å². The topological polar surface area (TPSA) is 105 Å². The summed E-state index contributed by atoms with van der Waals surface area (Å²) < 4.78 is 24.3. The molecule has 0 amide bonds. The van der Waals surface area contributed by atoms with Crippen molar-refractivity contribution in [1.29, 1.82) is 0 Å². The summed E-state index contributed by atoms with van der Waals surface area (Å²) in [6, 6.07) is 9.83. The number of pyridine rings is 1. The van der Waals surface area contributed by atoms with Crippen molar-refractivity contribution in [3.63, 3.8) is 0 Å². The Morgan fingerprint density at radius 2 is 2.11 bits per heavy atom. The van der Waals surface area contributed by atoms with E-state index in [9.17, 15) is 18.5 Å². The lowest BCUT2D eigenvalue weighted by atomic mass is 10.1. The van der Waals surface area contributed by atoms with Gasteiger partial charge >= 0.3 is 0 Å². The van der Waals surface area contributed by atoms with E-state index < -0.39 is 14.8 Å². The minimum absolute atomic E-state index is 0.00524. The van der Waals surface area contributed by atoms with Gasteiger partial charge in [-0.3, -0.25) is 10.1 Å². The molecular weight excluding hydrogens is 368 g/mol. The summed E-state index contributed by atoms with van der Waals surface area (Å²) in [6.45, 7) is 4.05. The summed E-state index contributed by atoms with van der Waals surface area (Å²) in [7, 11) is -3.58. The molecule has 0 spiro atoms. The number of anilines is 2. The van der Waals surface area contributed by atoms with Crippen molar-refractivity contribution in [1.82, 2.24) is 4.98 Å². The van der Waals surface area contributed by atoms with Gasteiger partial charge in [-0.15, -0.1) is 0 Å². The Bertz CT molecular complexity index is 962. The molecule has 1 atom stereocenters. The van der Waals surface area contributed by atoms with Gasteiger partial charge in [-0.1, -0.05) is 6.07 Å². The first-order valence-corrected chi connectivity index (χ1v) is 10.5. The van der Waals surface area contributed by atoms with Gasteiger partial charge in [0.1, 0.15) is 5.82 Å². The Morgan fingerprint density at radius 3 is 2.78 bits per heavy atom. The molecular formula is C18H22N4O4S. The first kappa shape index (κ1) is 19.1. The Balaban J connectivity index is 1.73. The smallest absolute Gasteiger partial charge is 0.270 e. The third-order valence-electron chi connectivity index (χ3n) is 4.64. The highest BCUT2D eigenvalue weighted by Crippen LogP contribution is 2.33. The van der Waals surface area contributed by atoms with Gasteiger partial charge in [0.2, 0.25) is 0 Å². The first-order chi connectivity index (χ1) is 12.7. The molecule has 0 saturated carbocycles. The summed E-state index contributed by atoms with van der Waals surface area (Å²) in [5.41, 5.74) is 1.25. The van der Waals surface area contributed by atoms with Crippen LogP contribution in [0.3, 0.4) is 0 Å². The summed E-state index contributed by atoms with van der Waals surface area (Å²) in [5, 5.41) is 14.3. The molecule has 1 aromatic heterocycles. The fourth-order valence-electron chi connectivity index (χ4n) is 3.28. The molecule has 2 aromatic rings. The van der Waals surface area contributed by atoms with E-state index in [2.05, 4.69) is 10.3 Å². The normalized spacial score (nSPS) is 17.1. The van der Waals surface area contributed by atoms with Crippen LogP contribution in [0.5, 0.6) is 0 Å². The summed E-state index contributed by atoms with van der Waals surface area (Å²) in [6.07, 6.45) is 1.98. The van der Waals surface area contributed by atoms with E-state index in [4.69, 9.17) is 0 Å². The molecule has 8 nitrogen and oxygen atoms in total. The molecule has 1 unspecified atom stereocenters. The Labute approximate surface area is 158 Å². The van der Waals surface area contributed by atoms with Gasteiger partial charge in [0, 0.05) is 43.7 Å². The van der Waals surface area contributed by atoms with Crippen LogP contribution in [0.15, 0.2) is 41.3 Å². The predicted octanol–water partition coefficient (Wildman–Crippen LogP) is 2.64. The SMILES string of the molecule is Cc1cccc(NCC2CCN(c3ccc([N+](=O)[O-])cc3S(C)(=O)=O)C2)n1. The molecule has 2 heterocycles.